The number of anilines is 1. The van der Waals surface area contributed by atoms with Crippen LogP contribution in [0.4, 0.5) is 5.69 Å². The van der Waals surface area contributed by atoms with Gasteiger partial charge in [0.25, 0.3) is 5.91 Å². The van der Waals surface area contributed by atoms with Crippen LogP contribution in [0.5, 0.6) is 0 Å². The van der Waals surface area contributed by atoms with Crippen molar-refractivity contribution in [2.45, 2.75) is 6.92 Å². The van der Waals surface area contributed by atoms with Crippen LogP contribution in [0.25, 0.3) is 5.82 Å². The van der Waals surface area contributed by atoms with Crippen molar-refractivity contribution in [1.29, 1.82) is 0 Å². The number of halogens is 1. The van der Waals surface area contributed by atoms with E-state index in [1.54, 1.807) is 47.3 Å². The largest absolute Gasteiger partial charge is 0.322 e. The maximum atomic E-state index is 12.7. The summed E-state index contributed by atoms with van der Waals surface area (Å²) in [5.74, 6) is 0.291. The first-order valence-corrected chi connectivity index (χ1v) is 10.00. The molecular weight excluding hydrogens is 444 g/mol. The zero-order valence-electron chi connectivity index (χ0n) is 16.0. The van der Waals surface area contributed by atoms with Crippen LogP contribution in [0.1, 0.15) is 32.0 Å². The average Bonchev–Trinajstić information content (AvgIpc) is 3.16. The van der Waals surface area contributed by atoms with Crippen LogP contribution < -0.4 is 5.32 Å². The fourth-order valence-corrected chi connectivity index (χ4v) is 3.28. The van der Waals surface area contributed by atoms with E-state index in [0.717, 1.165) is 4.47 Å². The lowest BCUT2D eigenvalue weighted by Crippen LogP contribution is -2.13. The lowest BCUT2D eigenvalue weighted by molar-refractivity contribution is 0.102. The Morgan fingerprint density at radius 3 is 2.23 bits per heavy atom. The molecule has 0 aliphatic carbocycles. The standard InChI is InChI=1S/C23H17BrN4O2/c1-15-20(14-26-28(15)21-4-2-3-13-25-21)23(30)27-19-11-7-17(8-12-19)22(29)16-5-9-18(24)10-6-16/h2-14H,1H3,(H,27,30). The summed E-state index contributed by atoms with van der Waals surface area (Å²) < 4.78 is 2.54. The molecule has 0 unspecified atom stereocenters. The van der Waals surface area contributed by atoms with Gasteiger partial charge in [0.1, 0.15) is 0 Å². The van der Waals surface area contributed by atoms with E-state index in [1.165, 1.54) is 6.20 Å². The van der Waals surface area contributed by atoms with Gasteiger partial charge in [0.15, 0.2) is 11.6 Å². The molecule has 30 heavy (non-hydrogen) atoms. The van der Waals surface area contributed by atoms with Crippen LogP contribution >= 0.6 is 15.9 Å². The highest BCUT2D eigenvalue weighted by Crippen LogP contribution is 2.18. The van der Waals surface area contributed by atoms with Crippen LogP contribution in [-0.2, 0) is 0 Å². The van der Waals surface area contributed by atoms with Crippen LogP contribution in [0.15, 0.2) is 83.6 Å². The zero-order chi connectivity index (χ0) is 21.1. The lowest BCUT2D eigenvalue weighted by Gasteiger charge is -2.07. The maximum Gasteiger partial charge on any atom is 0.259 e. The van der Waals surface area contributed by atoms with Crippen molar-refractivity contribution >= 4 is 33.3 Å². The third-order valence-corrected chi connectivity index (χ3v) is 5.16. The van der Waals surface area contributed by atoms with Gasteiger partial charge in [-0.1, -0.05) is 22.0 Å². The summed E-state index contributed by atoms with van der Waals surface area (Å²) >= 11 is 3.36. The highest BCUT2D eigenvalue weighted by atomic mass is 79.9. The number of rotatable bonds is 5. The van der Waals surface area contributed by atoms with Crippen molar-refractivity contribution in [2.75, 3.05) is 5.32 Å². The molecule has 1 amide bonds. The molecule has 0 fully saturated rings. The second-order valence-corrected chi connectivity index (χ2v) is 7.53. The Morgan fingerprint density at radius 2 is 1.60 bits per heavy atom. The van der Waals surface area contributed by atoms with Gasteiger partial charge in [-0.05, 0) is 67.6 Å². The maximum absolute atomic E-state index is 12.7. The number of hydrogen-bond donors (Lipinski definition) is 1. The third kappa shape index (κ3) is 4.06. The number of carbonyl (C=O) groups excluding carboxylic acids is 2. The van der Waals surface area contributed by atoms with E-state index < -0.39 is 0 Å². The molecule has 0 saturated heterocycles. The first kappa shape index (κ1) is 19.7. The van der Waals surface area contributed by atoms with Crippen LogP contribution in [-0.4, -0.2) is 26.5 Å². The number of benzene rings is 2. The summed E-state index contributed by atoms with van der Waals surface area (Å²) in [6.07, 6.45) is 3.19. The van der Waals surface area contributed by atoms with Crippen molar-refractivity contribution in [1.82, 2.24) is 14.8 Å². The first-order valence-electron chi connectivity index (χ1n) is 9.20. The van der Waals surface area contributed by atoms with E-state index in [0.29, 0.717) is 33.9 Å². The van der Waals surface area contributed by atoms with Gasteiger partial charge in [0, 0.05) is 27.5 Å². The van der Waals surface area contributed by atoms with E-state index in [9.17, 15) is 9.59 Å². The second-order valence-electron chi connectivity index (χ2n) is 6.61. The summed E-state index contributed by atoms with van der Waals surface area (Å²) in [7, 11) is 0. The number of ketones is 1. The SMILES string of the molecule is Cc1c(C(=O)Nc2ccc(C(=O)c3ccc(Br)cc3)cc2)cnn1-c1ccccn1. The molecule has 7 heteroatoms. The Hall–Kier alpha value is -3.58. The Kier molecular flexibility index (Phi) is 5.54. The fraction of sp³-hybridized carbons (Fsp3) is 0.0435. The number of aromatic nitrogens is 3. The van der Waals surface area contributed by atoms with Gasteiger partial charge in [-0.2, -0.15) is 5.10 Å². The molecule has 0 aliphatic heterocycles. The highest BCUT2D eigenvalue weighted by molar-refractivity contribution is 9.10. The van der Waals surface area contributed by atoms with Gasteiger partial charge in [-0.3, -0.25) is 9.59 Å². The van der Waals surface area contributed by atoms with Crippen molar-refractivity contribution < 1.29 is 9.59 Å². The molecular formula is C23H17BrN4O2. The molecule has 0 spiro atoms. The Bertz CT molecular complexity index is 1200. The topological polar surface area (TPSA) is 76.9 Å². The average molecular weight is 461 g/mol. The Labute approximate surface area is 181 Å². The summed E-state index contributed by atoms with van der Waals surface area (Å²) in [5, 5.41) is 7.12. The second kappa shape index (κ2) is 8.42. The number of hydrogen-bond acceptors (Lipinski definition) is 4. The minimum Gasteiger partial charge on any atom is -0.322 e. The monoisotopic (exact) mass is 460 g/mol. The number of nitrogens with zero attached hydrogens (tertiary/aromatic N) is 3. The molecule has 0 saturated carbocycles. The number of pyridine rings is 1. The van der Waals surface area contributed by atoms with E-state index in [4.69, 9.17) is 0 Å². The van der Waals surface area contributed by atoms with Gasteiger partial charge < -0.3 is 5.32 Å². The molecule has 2 heterocycles. The third-order valence-electron chi connectivity index (χ3n) is 4.63. The smallest absolute Gasteiger partial charge is 0.259 e. The molecule has 0 atom stereocenters. The van der Waals surface area contributed by atoms with Gasteiger partial charge in [0.05, 0.1) is 17.5 Å². The predicted octanol–water partition coefficient (Wildman–Crippen LogP) is 4.82. The number of amides is 1. The van der Waals surface area contributed by atoms with Crippen LogP contribution in [0.2, 0.25) is 0 Å². The van der Waals surface area contributed by atoms with Crippen LogP contribution in [0, 0.1) is 6.92 Å². The predicted molar refractivity (Wildman–Crippen MR) is 118 cm³/mol. The zero-order valence-corrected chi connectivity index (χ0v) is 17.6. The van der Waals surface area contributed by atoms with Gasteiger partial charge >= 0.3 is 0 Å². The molecule has 4 aromatic rings. The summed E-state index contributed by atoms with van der Waals surface area (Å²) in [6, 6.07) is 19.5. The molecule has 2 aromatic heterocycles. The molecule has 148 valence electrons. The summed E-state index contributed by atoms with van der Waals surface area (Å²) in [4.78, 5) is 29.5. The van der Waals surface area contributed by atoms with Crippen molar-refractivity contribution in [3.05, 3.63) is 106 Å². The normalized spacial score (nSPS) is 10.6. The minimum absolute atomic E-state index is 0.0761. The van der Waals surface area contributed by atoms with Crippen LogP contribution in [0.3, 0.4) is 0 Å². The molecule has 4 rings (SSSR count). The van der Waals surface area contributed by atoms with E-state index in [-0.39, 0.29) is 11.7 Å². The highest BCUT2D eigenvalue weighted by Gasteiger charge is 2.16. The quantitative estimate of drug-likeness (QED) is 0.433. The van der Waals surface area contributed by atoms with Gasteiger partial charge in [-0.25, -0.2) is 9.67 Å². The van der Waals surface area contributed by atoms with E-state index in [1.807, 2.05) is 37.3 Å². The Morgan fingerprint density at radius 1 is 0.933 bits per heavy atom. The molecule has 0 radical (unpaired) electrons. The van der Waals surface area contributed by atoms with Crippen molar-refractivity contribution in [3.63, 3.8) is 0 Å². The van der Waals surface area contributed by atoms with E-state index >= 15 is 0 Å². The molecule has 0 aliphatic rings. The van der Waals surface area contributed by atoms with Crippen molar-refractivity contribution in [3.8, 4) is 5.82 Å². The van der Waals surface area contributed by atoms with E-state index in [2.05, 4.69) is 31.3 Å². The Balaban J connectivity index is 1.49. The fourth-order valence-electron chi connectivity index (χ4n) is 3.01. The lowest BCUT2D eigenvalue weighted by atomic mass is 10.0. The molecule has 2 aromatic carbocycles. The van der Waals surface area contributed by atoms with Crippen molar-refractivity contribution in [2.24, 2.45) is 0 Å². The molecule has 6 nitrogen and oxygen atoms in total. The first-order chi connectivity index (χ1) is 14.5. The van der Waals surface area contributed by atoms with Gasteiger partial charge in [-0.15, -0.1) is 0 Å². The number of carbonyl (C=O) groups is 2. The summed E-state index contributed by atoms with van der Waals surface area (Å²) in [6.45, 7) is 1.82. The summed E-state index contributed by atoms with van der Waals surface area (Å²) in [5.41, 5.74) is 2.89. The molecule has 1 N–H and O–H groups in total. The number of nitrogens with one attached hydrogen (secondary N) is 1. The minimum atomic E-state index is -0.276. The molecule has 0 bridgehead atoms. The van der Waals surface area contributed by atoms with Gasteiger partial charge in [0.2, 0.25) is 0 Å².